The molecule has 0 spiro atoms. The van der Waals surface area contributed by atoms with Gasteiger partial charge in [-0.1, -0.05) is 17.7 Å². The van der Waals surface area contributed by atoms with Gasteiger partial charge in [0.05, 0.1) is 17.1 Å². The van der Waals surface area contributed by atoms with Crippen molar-refractivity contribution in [3.05, 3.63) is 52.3 Å². The lowest BCUT2D eigenvalue weighted by Crippen LogP contribution is -2.18. The van der Waals surface area contributed by atoms with Crippen molar-refractivity contribution in [3.8, 4) is 11.5 Å². The van der Waals surface area contributed by atoms with E-state index in [4.69, 9.17) is 21.1 Å². The first kappa shape index (κ1) is 15.6. The minimum Gasteiger partial charge on any atom is -0.486 e. The molecule has 0 fully saturated rings. The number of carbonyl (C=O) groups is 1. The zero-order valence-electron chi connectivity index (χ0n) is 12.5. The highest BCUT2D eigenvalue weighted by Crippen LogP contribution is 2.38. The molecule has 0 unspecified atom stereocenters. The molecule has 0 bridgehead atoms. The van der Waals surface area contributed by atoms with Crippen LogP contribution in [0.3, 0.4) is 0 Å². The van der Waals surface area contributed by atoms with Gasteiger partial charge in [0.1, 0.15) is 19.0 Å². The zero-order chi connectivity index (χ0) is 16.4. The number of ether oxygens (including phenoxy) is 2. The average molecular weight is 336 g/mol. The van der Waals surface area contributed by atoms with E-state index in [0.29, 0.717) is 35.3 Å². The number of nitrogens with one attached hydrogen (secondary N) is 1. The number of halogens is 2. The monoisotopic (exact) mass is 335 g/mol. The molecular formula is C17H15ClFNO3. The molecule has 0 atom stereocenters. The lowest BCUT2D eigenvalue weighted by atomic mass is 10.1. The summed E-state index contributed by atoms with van der Waals surface area (Å²) in [4.78, 5) is 12.1. The van der Waals surface area contributed by atoms with E-state index in [2.05, 4.69) is 5.32 Å². The van der Waals surface area contributed by atoms with Gasteiger partial charge in [0.25, 0.3) is 0 Å². The SMILES string of the molecule is Cc1ccc(F)c(NC(=O)Cc2cc(Cl)c3c(c2)OCCO3)c1. The summed E-state index contributed by atoms with van der Waals surface area (Å²) in [5.74, 6) is 0.214. The van der Waals surface area contributed by atoms with Crippen LogP contribution in [0.4, 0.5) is 10.1 Å². The predicted molar refractivity (Wildman–Crippen MR) is 85.9 cm³/mol. The fourth-order valence-corrected chi connectivity index (χ4v) is 2.67. The quantitative estimate of drug-likeness (QED) is 0.929. The van der Waals surface area contributed by atoms with Crippen LogP contribution in [0.1, 0.15) is 11.1 Å². The fourth-order valence-electron chi connectivity index (χ4n) is 2.38. The van der Waals surface area contributed by atoms with Gasteiger partial charge in [0.2, 0.25) is 5.91 Å². The summed E-state index contributed by atoms with van der Waals surface area (Å²) >= 11 is 6.14. The highest BCUT2D eigenvalue weighted by atomic mass is 35.5. The number of anilines is 1. The molecule has 0 radical (unpaired) electrons. The summed E-state index contributed by atoms with van der Waals surface area (Å²) in [7, 11) is 0. The molecule has 1 N–H and O–H groups in total. The number of rotatable bonds is 3. The normalized spacial score (nSPS) is 12.8. The Morgan fingerprint density at radius 3 is 2.87 bits per heavy atom. The van der Waals surface area contributed by atoms with E-state index in [9.17, 15) is 9.18 Å². The van der Waals surface area contributed by atoms with Gasteiger partial charge in [0.15, 0.2) is 11.5 Å². The zero-order valence-corrected chi connectivity index (χ0v) is 13.2. The lowest BCUT2D eigenvalue weighted by molar-refractivity contribution is -0.115. The van der Waals surface area contributed by atoms with Crippen LogP contribution in [-0.2, 0) is 11.2 Å². The summed E-state index contributed by atoms with van der Waals surface area (Å²) < 4.78 is 24.6. The molecule has 1 aliphatic rings. The van der Waals surface area contributed by atoms with E-state index in [-0.39, 0.29) is 18.0 Å². The maximum absolute atomic E-state index is 13.7. The Kier molecular flexibility index (Phi) is 4.39. The standard InChI is InChI=1S/C17H15ClFNO3/c1-10-2-3-13(19)14(6-10)20-16(21)9-11-7-12(18)17-15(8-11)22-4-5-23-17/h2-3,6-8H,4-5,9H2,1H3,(H,20,21). The maximum Gasteiger partial charge on any atom is 0.228 e. The molecule has 2 aromatic carbocycles. The van der Waals surface area contributed by atoms with Crippen molar-refractivity contribution >= 4 is 23.2 Å². The molecule has 1 amide bonds. The highest BCUT2D eigenvalue weighted by Gasteiger charge is 2.18. The lowest BCUT2D eigenvalue weighted by Gasteiger charge is -2.20. The third-order valence-electron chi connectivity index (χ3n) is 3.42. The fraction of sp³-hybridized carbons (Fsp3) is 0.235. The second-order valence-electron chi connectivity index (χ2n) is 5.31. The van der Waals surface area contributed by atoms with Gasteiger partial charge in [-0.15, -0.1) is 0 Å². The third-order valence-corrected chi connectivity index (χ3v) is 3.70. The number of benzene rings is 2. The summed E-state index contributed by atoms with van der Waals surface area (Å²) in [5, 5.41) is 2.97. The van der Waals surface area contributed by atoms with Crippen LogP contribution in [0.15, 0.2) is 30.3 Å². The molecule has 1 heterocycles. The highest BCUT2D eigenvalue weighted by molar-refractivity contribution is 6.32. The van der Waals surface area contributed by atoms with Crippen LogP contribution in [0.25, 0.3) is 0 Å². The van der Waals surface area contributed by atoms with Gasteiger partial charge in [-0.3, -0.25) is 4.79 Å². The van der Waals surface area contributed by atoms with Gasteiger partial charge in [0, 0.05) is 0 Å². The molecular weight excluding hydrogens is 321 g/mol. The number of carbonyl (C=O) groups excluding carboxylic acids is 1. The number of hydrogen-bond acceptors (Lipinski definition) is 3. The molecule has 3 rings (SSSR count). The Labute approximate surface area is 138 Å². The molecule has 120 valence electrons. The van der Waals surface area contributed by atoms with Crippen LogP contribution >= 0.6 is 11.6 Å². The average Bonchev–Trinajstić information content (AvgIpc) is 2.51. The van der Waals surface area contributed by atoms with Gasteiger partial charge < -0.3 is 14.8 Å². The summed E-state index contributed by atoms with van der Waals surface area (Å²) in [5.41, 5.74) is 1.70. The van der Waals surface area contributed by atoms with Gasteiger partial charge in [-0.2, -0.15) is 0 Å². The van der Waals surface area contributed by atoms with Crippen LogP contribution in [0.5, 0.6) is 11.5 Å². The van der Waals surface area contributed by atoms with Crippen LogP contribution < -0.4 is 14.8 Å². The minimum atomic E-state index is -0.468. The van der Waals surface area contributed by atoms with Crippen molar-refractivity contribution in [2.75, 3.05) is 18.5 Å². The van der Waals surface area contributed by atoms with E-state index in [1.165, 1.54) is 6.07 Å². The number of amides is 1. The maximum atomic E-state index is 13.7. The third kappa shape index (κ3) is 3.56. The van der Waals surface area contributed by atoms with Crippen molar-refractivity contribution in [3.63, 3.8) is 0 Å². The first-order valence-corrected chi connectivity index (χ1v) is 7.55. The predicted octanol–water partition coefficient (Wildman–Crippen LogP) is 3.74. The Hall–Kier alpha value is -2.27. The Balaban J connectivity index is 1.75. The molecule has 0 saturated heterocycles. The summed E-state index contributed by atoms with van der Waals surface area (Å²) in [6.45, 7) is 2.71. The molecule has 0 saturated carbocycles. The molecule has 0 aliphatic carbocycles. The molecule has 4 nitrogen and oxygen atoms in total. The summed E-state index contributed by atoms with van der Waals surface area (Å²) in [6.07, 6.45) is 0.0593. The molecule has 23 heavy (non-hydrogen) atoms. The van der Waals surface area contributed by atoms with Gasteiger partial charge in [-0.25, -0.2) is 4.39 Å². The van der Waals surface area contributed by atoms with Crippen LogP contribution in [0.2, 0.25) is 5.02 Å². The van der Waals surface area contributed by atoms with E-state index in [1.807, 2.05) is 6.92 Å². The Bertz CT molecular complexity index is 764. The second-order valence-corrected chi connectivity index (χ2v) is 5.72. The first-order chi connectivity index (χ1) is 11.0. The summed E-state index contributed by atoms with van der Waals surface area (Å²) in [6, 6.07) is 7.93. The Morgan fingerprint density at radius 1 is 1.26 bits per heavy atom. The second kappa shape index (κ2) is 6.46. The minimum absolute atomic E-state index is 0.0593. The van der Waals surface area contributed by atoms with Crippen molar-refractivity contribution in [2.24, 2.45) is 0 Å². The van der Waals surface area contributed by atoms with Crippen molar-refractivity contribution < 1.29 is 18.7 Å². The molecule has 6 heteroatoms. The molecule has 2 aromatic rings. The number of aryl methyl sites for hydroxylation is 1. The van der Waals surface area contributed by atoms with Gasteiger partial charge in [-0.05, 0) is 42.3 Å². The van der Waals surface area contributed by atoms with Gasteiger partial charge >= 0.3 is 0 Å². The van der Waals surface area contributed by atoms with Crippen molar-refractivity contribution in [1.29, 1.82) is 0 Å². The largest absolute Gasteiger partial charge is 0.486 e. The number of hydrogen-bond donors (Lipinski definition) is 1. The first-order valence-electron chi connectivity index (χ1n) is 7.17. The van der Waals surface area contributed by atoms with Crippen molar-refractivity contribution in [2.45, 2.75) is 13.3 Å². The van der Waals surface area contributed by atoms with Crippen LogP contribution in [0, 0.1) is 12.7 Å². The van der Waals surface area contributed by atoms with Crippen molar-refractivity contribution in [1.82, 2.24) is 0 Å². The molecule has 1 aliphatic heterocycles. The number of fused-ring (bicyclic) bond motifs is 1. The van der Waals surface area contributed by atoms with E-state index in [0.717, 1.165) is 5.56 Å². The van der Waals surface area contributed by atoms with E-state index < -0.39 is 5.82 Å². The van der Waals surface area contributed by atoms with E-state index >= 15 is 0 Å². The topological polar surface area (TPSA) is 47.6 Å². The van der Waals surface area contributed by atoms with Crippen LogP contribution in [-0.4, -0.2) is 19.1 Å². The Morgan fingerprint density at radius 2 is 2.04 bits per heavy atom. The van der Waals surface area contributed by atoms with E-state index in [1.54, 1.807) is 24.3 Å². The molecule has 0 aromatic heterocycles. The smallest absolute Gasteiger partial charge is 0.228 e.